The molecule has 4 rings (SSSR count). The molecule has 164 valence electrons. The minimum atomic E-state index is -0.726. The number of thioether (sulfide) groups is 1. The van der Waals surface area contributed by atoms with Crippen molar-refractivity contribution in [3.05, 3.63) is 75.4 Å². The molecule has 0 saturated carbocycles. The molecule has 2 aromatic carbocycles. The van der Waals surface area contributed by atoms with Crippen LogP contribution < -0.4 is 10.9 Å². The van der Waals surface area contributed by atoms with E-state index in [-0.39, 0.29) is 17.0 Å². The second-order valence-electron chi connectivity index (χ2n) is 7.10. The molecule has 0 spiro atoms. The Kier molecular flexibility index (Phi) is 6.38. The predicted molar refractivity (Wildman–Crippen MR) is 125 cm³/mol. The van der Waals surface area contributed by atoms with E-state index in [9.17, 15) is 18.4 Å². The minimum absolute atomic E-state index is 0.113. The minimum Gasteiger partial charge on any atom is -0.323 e. The Morgan fingerprint density at radius 2 is 1.94 bits per heavy atom. The van der Waals surface area contributed by atoms with Crippen LogP contribution >= 0.6 is 23.1 Å². The summed E-state index contributed by atoms with van der Waals surface area (Å²) in [5, 5.41) is 4.67. The zero-order valence-electron chi connectivity index (χ0n) is 17.3. The van der Waals surface area contributed by atoms with Crippen LogP contribution in [0.25, 0.3) is 21.3 Å². The first kappa shape index (κ1) is 22.2. The predicted octanol–water partition coefficient (Wildman–Crippen LogP) is 5.46. The van der Waals surface area contributed by atoms with Gasteiger partial charge in [-0.3, -0.25) is 14.2 Å². The summed E-state index contributed by atoms with van der Waals surface area (Å²) in [5.41, 5.74) is 3.14. The van der Waals surface area contributed by atoms with Crippen molar-refractivity contribution in [2.75, 3.05) is 11.1 Å². The molecule has 0 aliphatic heterocycles. The molecule has 0 aliphatic rings. The number of aryl methyl sites for hydroxylation is 1. The zero-order valence-corrected chi connectivity index (χ0v) is 18.9. The first-order valence-corrected chi connectivity index (χ1v) is 11.7. The van der Waals surface area contributed by atoms with Crippen LogP contribution in [0.5, 0.6) is 0 Å². The summed E-state index contributed by atoms with van der Waals surface area (Å²) in [6.45, 7) is 4.22. The Morgan fingerprint density at radius 1 is 1.19 bits per heavy atom. The Morgan fingerprint density at radius 3 is 2.66 bits per heavy atom. The third kappa shape index (κ3) is 4.44. The van der Waals surface area contributed by atoms with Gasteiger partial charge in [0.2, 0.25) is 5.91 Å². The maximum absolute atomic E-state index is 13.8. The lowest BCUT2D eigenvalue weighted by atomic mass is 10.1. The molecule has 9 heteroatoms. The van der Waals surface area contributed by atoms with Crippen LogP contribution in [0.4, 0.5) is 14.5 Å². The number of anilines is 1. The Bertz CT molecular complexity index is 1360. The molecule has 1 N–H and O–H groups in total. The van der Waals surface area contributed by atoms with Crippen LogP contribution in [0.3, 0.4) is 0 Å². The van der Waals surface area contributed by atoms with Crippen LogP contribution in [0.1, 0.15) is 12.5 Å². The highest BCUT2D eigenvalue weighted by atomic mass is 32.2. The van der Waals surface area contributed by atoms with Gasteiger partial charge in [-0.05, 0) is 31.5 Å². The maximum atomic E-state index is 13.8. The van der Waals surface area contributed by atoms with E-state index in [1.165, 1.54) is 15.9 Å². The van der Waals surface area contributed by atoms with Gasteiger partial charge in [0.1, 0.15) is 16.3 Å². The summed E-state index contributed by atoms with van der Waals surface area (Å²) in [6, 6.07) is 10.8. The van der Waals surface area contributed by atoms with Crippen molar-refractivity contribution in [2.45, 2.75) is 25.5 Å². The second-order valence-corrected chi connectivity index (χ2v) is 8.92. The van der Waals surface area contributed by atoms with Crippen LogP contribution in [0, 0.1) is 18.6 Å². The summed E-state index contributed by atoms with van der Waals surface area (Å²) >= 11 is 2.42. The highest BCUT2D eigenvalue weighted by Crippen LogP contribution is 2.32. The fourth-order valence-electron chi connectivity index (χ4n) is 3.22. The first-order valence-electron chi connectivity index (χ1n) is 9.84. The molecule has 2 aromatic heterocycles. The summed E-state index contributed by atoms with van der Waals surface area (Å²) in [7, 11) is 0. The van der Waals surface area contributed by atoms with Gasteiger partial charge in [0.05, 0.1) is 17.0 Å². The van der Waals surface area contributed by atoms with Gasteiger partial charge in [0.15, 0.2) is 5.16 Å². The number of thiophene rings is 1. The molecule has 5 nitrogen and oxygen atoms in total. The van der Waals surface area contributed by atoms with E-state index in [1.807, 2.05) is 43.5 Å². The van der Waals surface area contributed by atoms with Gasteiger partial charge in [-0.2, -0.15) is 0 Å². The SMILES string of the molecule is CCn1c(SCC(=O)Nc2cc(F)ccc2F)nc2c(-c3ccc(C)cc3)csc2c1=O. The molecular weight excluding hydrogens is 452 g/mol. The smallest absolute Gasteiger partial charge is 0.272 e. The number of hydrogen-bond acceptors (Lipinski definition) is 5. The number of benzene rings is 2. The van der Waals surface area contributed by atoms with Crippen LogP contribution in [-0.2, 0) is 11.3 Å². The summed E-state index contributed by atoms with van der Waals surface area (Å²) < 4.78 is 29.2. The Hall–Kier alpha value is -3.04. The lowest BCUT2D eigenvalue weighted by Crippen LogP contribution is -2.23. The number of hydrogen-bond donors (Lipinski definition) is 1. The number of carbonyl (C=O) groups excluding carboxylic acids is 1. The quantitative estimate of drug-likeness (QED) is 0.300. The highest BCUT2D eigenvalue weighted by molar-refractivity contribution is 7.99. The Balaban J connectivity index is 1.63. The number of halogens is 2. The lowest BCUT2D eigenvalue weighted by Gasteiger charge is -2.11. The number of rotatable bonds is 6. The van der Waals surface area contributed by atoms with Gasteiger partial charge in [-0.1, -0.05) is 41.6 Å². The molecule has 0 unspecified atom stereocenters. The van der Waals surface area contributed by atoms with Crippen molar-refractivity contribution in [1.29, 1.82) is 0 Å². The molecule has 0 saturated heterocycles. The zero-order chi connectivity index (χ0) is 22.8. The number of nitrogens with one attached hydrogen (secondary N) is 1. The molecule has 32 heavy (non-hydrogen) atoms. The van der Waals surface area contributed by atoms with Gasteiger partial charge in [0, 0.05) is 23.6 Å². The largest absolute Gasteiger partial charge is 0.323 e. The summed E-state index contributed by atoms with van der Waals surface area (Å²) in [6.07, 6.45) is 0. The molecule has 1 amide bonds. The molecule has 0 aliphatic carbocycles. The molecule has 0 atom stereocenters. The van der Waals surface area contributed by atoms with Gasteiger partial charge in [0.25, 0.3) is 5.56 Å². The van der Waals surface area contributed by atoms with E-state index in [0.717, 1.165) is 46.7 Å². The molecule has 0 radical (unpaired) electrons. The standard InChI is InChI=1S/C23H19F2N3O2S2/c1-3-28-22(30)21-20(16(11-31-21)14-6-4-13(2)5-7-14)27-23(28)32-12-19(29)26-18-10-15(24)8-9-17(18)25/h4-11H,3,12H2,1-2H3,(H,26,29). The third-order valence-corrected chi connectivity index (χ3v) is 6.79. The summed E-state index contributed by atoms with van der Waals surface area (Å²) in [4.78, 5) is 30.1. The molecule has 0 fully saturated rings. The fourth-order valence-corrected chi connectivity index (χ4v) is 5.03. The monoisotopic (exact) mass is 471 g/mol. The fraction of sp³-hybridized carbons (Fsp3) is 0.174. The molecule has 0 bridgehead atoms. The second kappa shape index (κ2) is 9.22. The number of fused-ring (bicyclic) bond motifs is 1. The van der Waals surface area contributed by atoms with Gasteiger partial charge >= 0.3 is 0 Å². The van der Waals surface area contributed by atoms with E-state index in [4.69, 9.17) is 4.98 Å². The normalized spacial score (nSPS) is 11.1. The molecular formula is C23H19F2N3O2S2. The molecule has 2 heterocycles. The van der Waals surface area contributed by atoms with Crippen LogP contribution in [0.15, 0.2) is 57.8 Å². The van der Waals surface area contributed by atoms with E-state index >= 15 is 0 Å². The van der Waals surface area contributed by atoms with Crippen molar-refractivity contribution in [3.8, 4) is 11.1 Å². The van der Waals surface area contributed by atoms with E-state index in [2.05, 4.69) is 5.32 Å². The number of nitrogens with zero attached hydrogens (tertiary/aromatic N) is 2. The molecule has 4 aromatic rings. The number of amides is 1. The van der Waals surface area contributed by atoms with Gasteiger partial charge in [-0.25, -0.2) is 13.8 Å². The van der Waals surface area contributed by atoms with Crippen molar-refractivity contribution in [1.82, 2.24) is 9.55 Å². The Labute approximate surface area is 191 Å². The summed E-state index contributed by atoms with van der Waals surface area (Å²) in [5.74, 6) is -2.02. The average molecular weight is 472 g/mol. The highest BCUT2D eigenvalue weighted by Gasteiger charge is 2.17. The topological polar surface area (TPSA) is 64.0 Å². The maximum Gasteiger partial charge on any atom is 0.272 e. The third-order valence-electron chi connectivity index (χ3n) is 4.86. The number of aromatic nitrogens is 2. The van der Waals surface area contributed by atoms with Crippen LogP contribution in [0.2, 0.25) is 0 Å². The van der Waals surface area contributed by atoms with Crippen molar-refractivity contribution in [2.24, 2.45) is 0 Å². The average Bonchev–Trinajstić information content (AvgIpc) is 3.20. The van der Waals surface area contributed by atoms with E-state index < -0.39 is 17.5 Å². The first-order chi connectivity index (χ1) is 15.4. The van der Waals surface area contributed by atoms with E-state index in [1.54, 1.807) is 0 Å². The van der Waals surface area contributed by atoms with Crippen LogP contribution in [-0.4, -0.2) is 21.2 Å². The van der Waals surface area contributed by atoms with Crippen molar-refractivity contribution in [3.63, 3.8) is 0 Å². The van der Waals surface area contributed by atoms with E-state index in [0.29, 0.717) is 21.9 Å². The van der Waals surface area contributed by atoms with Crippen molar-refractivity contribution < 1.29 is 13.6 Å². The number of carbonyl (C=O) groups is 1. The van der Waals surface area contributed by atoms with Crippen molar-refractivity contribution >= 4 is 44.9 Å². The van der Waals surface area contributed by atoms with Gasteiger partial charge in [-0.15, -0.1) is 11.3 Å². The lowest BCUT2D eigenvalue weighted by molar-refractivity contribution is -0.113. The van der Waals surface area contributed by atoms with Gasteiger partial charge < -0.3 is 5.32 Å².